The van der Waals surface area contributed by atoms with Crippen molar-refractivity contribution in [2.45, 2.75) is 0 Å². The van der Waals surface area contributed by atoms with Gasteiger partial charge in [-0.3, -0.25) is 4.79 Å². The zero-order valence-electron chi connectivity index (χ0n) is 9.25. The van der Waals surface area contributed by atoms with Crippen molar-refractivity contribution in [3.8, 4) is 5.75 Å². The van der Waals surface area contributed by atoms with Crippen LogP contribution in [0.1, 0.15) is 20.8 Å². The Morgan fingerprint density at radius 1 is 1.37 bits per heavy atom. The highest BCUT2D eigenvalue weighted by atomic mass is 35.5. The number of hydrogen-bond acceptors (Lipinski definition) is 5. The van der Waals surface area contributed by atoms with Crippen molar-refractivity contribution in [1.29, 1.82) is 0 Å². The molecule has 6 nitrogen and oxygen atoms in total. The number of anilines is 1. The topological polar surface area (TPSA) is 99.5 Å². The molecule has 19 heavy (non-hydrogen) atoms. The molecule has 1 aromatic heterocycles. The molecule has 1 aromatic carbocycles. The van der Waals surface area contributed by atoms with E-state index >= 15 is 0 Å². The van der Waals surface area contributed by atoms with Gasteiger partial charge in [0.15, 0.2) is 5.69 Å². The van der Waals surface area contributed by atoms with Crippen molar-refractivity contribution >= 4 is 39.8 Å². The standard InChI is InChI=1S/C11H7ClN2O4S/c12-6-3-5(1-2-7(6)15)9(16)14-10-8(11(17)18)13-4-19-10/h1-4,15H,(H,14,16)(H,17,18). The van der Waals surface area contributed by atoms with E-state index in [1.807, 2.05) is 0 Å². The quantitative estimate of drug-likeness (QED) is 0.808. The summed E-state index contributed by atoms with van der Waals surface area (Å²) in [6, 6.07) is 3.94. The Balaban J connectivity index is 2.23. The summed E-state index contributed by atoms with van der Waals surface area (Å²) < 4.78 is 0. The maximum atomic E-state index is 11.9. The number of aromatic nitrogens is 1. The molecule has 0 aliphatic rings. The van der Waals surface area contributed by atoms with E-state index in [1.54, 1.807) is 0 Å². The molecule has 98 valence electrons. The number of benzene rings is 1. The van der Waals surface area contributed by atoms with E-state index in [0.717, 1.165) is 11.3 Å². The van der Waals surface area contributed by atoms with Crippen LogP contribution in [0.5, 0.6) is 5.75 Å². The molecule has 1 amide bonds. The van der Waals surface area contributed by atoms with Gasteiger partial charge in [0.25, 0.3) is 5.91 Å². The molecule has 0 aliphatic heterocycles. The Morgan fingerprint density at radius 3 is 2.74 bits per heavy atom. The summed E-state index contributed by atoms with van der Waals surface area (Å²) in [5.41, 5.74) is 1.30. The minimum Gasteiger partial charge on any atom is -0.506 e. The zero-order valence-corrected chi connectivity index (χ0v) is 10.8. The van der Waals surface area contributed by atoms with Gasteiger partial charge in [-0.1, -0.05) is 11.6 Å². The molecule has 0 saturated heterocycles. The first-order valence-electron chi connectivity index (χ1n) is 4.95. The summed E-state index contributed by atoms with van der Waals surface area (Å²) in [7, 11) is 0. The molecule has 0 atom stereocenters. The molecule has 0 bridgehead atoms. The Labute approximate surface area is 116 Å². The van der Waals surface area contributed by atoms with Crippen molar-refractivity contribution in [2.24, 2.45) is 0 Å². The zero-order chi connectivity index (χ0) is 14.0. The summed E-state index contributed by atoms with van der Waals surface area (Å²) in [5.74, 6) is -1.89. The smallest absolute Gasteiger partial charge is 0.357 e. The van der Waals surface area contributed by atoms with Crippen LogP contribution >= 0.6 is 22.9 Å². The first-order valence-corrected chi connectivity index (χ1v) is 6.21. The van der Waals surface area contributed by atoms with Gasteiger partial charge in [-0.25, -0.2) is 9.78 Å². The minimum atomic E-state index is -1.22. The van der Waals surface area contributed by atoms with E-state index < -0.39 is 11.9 Å². The normalized spacial score (nSPS) is 10.2. The third-order valence-corrected chi connectivity index (χ3v) is 3.25. The van der Waals surface area contributed by atoms with Gasteiger partial charge in [-0.05, 0) is 18.2 Å². The first-order chi connectivity index (χ1) is 8.99. The molecular formula is C11H7ClN2O4S. The van der Waals surface area contributed by atoms with Crippen LogP contribution in [0.15, 0.2) is 23.7 Å². The number of halogens is 1. The maximum Gasteiger partial charge on any atom is 0.357 e. The van der Waals surface area contributed by atoms with Crippen molar-refractivity contribution in [3.05, 3.63) is 40.0 Å². The van der Waals surface area contributed by atoms with Gasteiger partial charge < -0.3 is 15.5 Å². The van der Waals surface area contributed by atoms with Crippen LogP contribution in [-0.2, 0) is 0 Å². The van der Waals surface area contributed by atoms with Gasteiger partial charge in [0.05, 0.1) is 10.5 Å². The van der Waals surface area contributed by atoms with Crippen molar-refractivity contribution in [3.63, 3.8) is 0 Å². The van der Waals surface area contributed by atoms with E-state index in [1.165, 1.54) is 23.7 Å². The third-order valence-electron chi connectivity index (χ3n) is 2.21. The van der Waals surface area contributed by atoms with Gasteiger partial charge in [0.2, 0.25) is 0 Å². The van der Waals surface area contributed by atoms with Gasteiger partial charge >= 0.3 is 5.97 Å². The number of hydrogen-bond donors (Lipinski definition) is 3. The number of carbonyl (C=O) groups is 2. The summed E-state index contributed by atoms with van der Waals surface area (Å²) in [6.45, 7) is 0. The fourth-order valence-corrected chi connectivity index (χ4v) is 2.16. The molecular weight excluding hydrogens is 292 g/mol. The number of rotatable bonds is 3. The van der Waals surface area contributed by atoms with Gasteiger partial charge in [0, 0.05) is 5.56 Å². The van der Waals surface area contributed by atoms with Crippen LogP contribution in [0.2, 0.25) is 5.02 Å². The fraction of sp³-hybridized carbons (Fsp3) is 0. The molecule has 1 heterocycles. The Morgan fingerprint density at radius 2 is 2.11 bits per heavy atom. The monoisotopic (exact) mass is 298 g/mol. The molecule has 0 fully saturated rings. The SMILES string of the molecule is O=C(Nc1scnc1C(=O)O)c1ccc(O)c(Cl)c1. The number of thiazole rings is 1. The largest absolute Gasteiger partial charge is 0.506 e. The number of phenols is 1. The summed E-state index contributed by atoms with van der Waals surface area (Å²) in [5, 5.41) is 20.7. The van der Waals surface area contributed by atoms with Crippen molar-refractivity contribution in [2.75, 3.05) is 5.32 Å². The number of phenolic OH excluding ortho intramolecular Hbond substituents is 1. The lowest BCUT2D eigenvalue weighted by molar-refractivity contribution is 0.0692. The summed E-state index contributed by atoms with van der Waals surface area (Å²) in [6.07, 6.45) is 0. The lowest BCUT2D eigenvalue weighted by Gasteiger charge is -2.04. The van der Waals surface area contributed by atoms with Gasteiger partial charge in [0.1, 0.15) is 10.8 Å². The molecule has 0 saturated carbocycles. The average molecular weight is 299 g/mol. The highest BCUT2D eigenvalue weighted by molar-refractivity contribution is 7.14. The van der Waals surface area contributed by atoms with E-state index in [4.69, 9.17) is 16.7 Å². The van der Waals surface area contributed by atoms with E-state index in [9.17, 15) is 14.7 Å². The number of carboxylic acid groups (broad SMARTS) is 1. The van der Waals surface area contributed by atoms with E-state index in [0.29, 0.717) is 0 Å². The van der Waals surface area contributed by atoms with Crippen LogP contribution in [0, 0.1) is 0 Å². The predicted octanol–water partition coefficient (Wildman–Crippen LogP) is 2.45. The first kappa shape index (κ1) is 13.3. The number of aromatic hydroxyl groups is 1. The Bertz CT molecular complexity index is 656. The number of carbonyl (C=O) groups excluding carboxylic acids is 1. The number of nitrogens with zero attached hydrogens (tertiary/aromatic N) is 1. The number of carboxylic acids is 1. The Hall–Kier alpha value is -2.12. The fourth-order valence-electron chi connectivity index (χ4n) is 1.31. The van der Waals surface area contributed by atoms with Crippen LogP contribution in [-0.4, -0.2) is 27.1 Å². The number of amides is 1. The lowest BCUT2D eigenvalue weighted by Crippen LogP contribution is -2.13. The molecule has 8 heteroatoms. The predicted molar refractivity (Wildman–Crippen MR) is 70.1 cm³/mol. The lowest BCUT2D eigenvalue weighted by atomic mass is 10.2. The van der Waals surface area contributed by atoms with Crippen LogP contribution in [0.3, 0.4) is 0 Å². The van der Waals surface area contributed by atoms with E-state index in [2.05, 4.69) is 10.3 Å². The minimum absolute atomic E-state index is 0.0374. The third kappa shape index (κ3) is 2.83. The molecule has 0 aliphatic carbocycles. The highest BCUT2D eigenvalue weighted by Gasteiger charge is 2.17. The number of aromatic carboxylic acids is 1. The molecule has 0 unspecified atom stereocenters. The van der Waals surface area contributed by atoms with Crippen molar-refractivity contribution < 1.29 is 19.8 Å². The van der Waals surface area contributed by atoms with Crippen LogP contribution in [0.25, 0.3) is 0 Å². The van der Waals surface area contributed by atoms with Gasteiger partial charge in [-0.2, -0.15) is 0 Å². The van der Waals surface area contributed by atoms with E-state index in [-0.39, 0.29) is 27.0 Å². The molecule has 0 radical (unpaired) electrons. The maximum absolute atomic E-state index is 11.9. The second-order valence-corrected chi connectivity index (χ2v) is 4.72. The van der Waals surface area contributed by atoms with Crippen LogP contribution in [0.4, 0.5) is 5.00 Å². The van der Waals surface area contributed by atoms with Crippen LogP contribution < -0.4 is 5.32 Å². The van der Waals surface area contributed by atoms with Gasteiger partial charge in [-0.15, -0.1) is 11.3 Å². The summed E-state index contributed by atoms with van der Waals surface area (Å²) in [4.78, 5) is 26.4. The number of nitrogens with one attached hydrogen (secondary N) is 1. The Kier molecular flexibility index (Phi) is 3.68. The average Bonchev–Trinajstić information content (AvgIpc) is 2.80. The second-order valence-electron chi connectivity index (χ2n) is 3.46. The summed E-state index contributed by atoms with van der Waals surface area (Å²) >= 11 is 6.69. The highest BCUT2D eigenvalue weighted by Crippen LogP contribution is 2.25. The second kappa shape index (κ2) is 5.25. The molecule has 2 rings (SSSR count). The van der Waals surface area contributed by atoms with Crippen molar-refractivity contribution in [1.82, 2.24) is 4.98 Å². The molecule has 0 spiro atoms. The molecule has 2 aromatic rings. The molecule has 3 N–H and O–H groups in total.